The number of hydrogen-bond donors (Lipinski definition) is 0. The molecule has 0 spiro atoms. The minimum Gasteiger partial charge on any atom is -0.486 e. The van der Waals surface area contributed by atoms with E-state index in [0.717, 1.165) is 16.3 Å². The van der Waals surface area contributed by atoms with Gasteiger partial charge in [-0.05, 0) is 31.0 Å². The van der Waals surface area contributed by atoms with Crippen molar-refractivity contribution in [2.75, 3.05) is 6.61 Å². The van der Waals surface area contributed by atoms with Gasteiger partial charge in [0.2, 0.25) is 5.69 Å². The summed E-state index contributed by atoms with van der Waals surface area (Å²) in [5, 5.41) is 15.1. The normalized spacial score (nSPS) is 10.5. The maximum Gasteiger partial charge on any atom is 0.362 e. The molecule has 154 valence electrons. The number of ether oxygens (including phenoxy) is 2. The van der Waals surface area contributed by atoms with Crippen LogP contribution >= 0.6 is 0 Å². The maximum atomic E-state index is 12.7. The molecule has 0 amide bonds. The van der Waals surface area contributed by atoms with E-state index in [1.54, 1.807) is 25.1 Å². The molecular formula is C21H19N3O6. The Morgan fingerprint density at radius 1 is 1.17 bits per heavy atom. The van der Waals surface area contributed by atoms with Crippen molar-refractivity contribution >= 4 is 11.7 Å². The molecular weight excluding hydrogens is 390 g/mol. The average molecular weight is 409 g/mol. The number of nitro groups is 1. The molecule has 0 bridgehead atoms. The zero-order valence-electron chi connectivity index (χ0n) is 16.4. The Kier molecular flexibility index (Phi) is 6.21. The minimum atomic E-state index is -0.742. The molecule has 0 atom stereocenters. The van der Waals surface area contributed by atoms with E-state index in [1.807, 2.05) is 19.1 Å². The molecule has 30 heavy (non-hydrogen) atoms. The topological polar surface area (TPSA) is 114 Å². The first kappa shape index (κ1) is 20.7. The number of nitrogens with zero attached hydrogens (tertiary/aromatic N) is 3. The summed E-state index contributed by atoms with van der Waals surface area (Å²) in [6.07, 6.45) is 0. The van der Waals surface area contributed by atoms with Crippen LogP contribution < -0.4 is 10.3 Å². The van der Waals surface area contributed by atoms with E-state index in [-0.39, 0.29) is 30.3 Å². The number of para-hydroxylation sites is 1. The van der Waals surface area contributed by atoms with E-state index in [1.165, 1.54) is 18.2 Å². The molecule has 0 aliphatic heterocycles. The molecule has 0 saturated heterocycles. The minimum absolute atomic E-state index is 0.0604. The predicted molar refractivity (Wildman–Crippen MR) is 108 cm³/mol. The average Bonchev–Trinajstić information content (AvgIpc) is 2.73. The third-order valence-electron chi connectivity index (χ3n) is 4.22. The number of esters is 1. The second kappa shape index (κ2) is 8.99. The summed E-state index contributed by atoms with van der Waals surface area (Å²) in [5.74, 6) is -0.802. The Balaban J connectivity index is 1.99. The SMILES string of the molecule is CCOC(=O)c1nn(-c2ccccc2C)c(=O)cc1OCc1cccc([N+](=O)[O-])c1. The van der Waals surface area contributed by atoms with Gasteiger partial charge in [-0.1, -0.05) is 30.3 Å². The number of nitro benzene ring substituents is 1. The highest BCUT2D eigenvalue weighted by molar-refractivity contribution is 5.90. The summed E-state index contributed by atoms with van der Waals surface area (Å²) in [4.78, 5) is 35.5. The van der Waals surface area contributed by atoms with E-state index in [9.17, 15) is 19.7 Å². The maximum absolute atomic E-state index is 12.7. The van der Waals surface area contributed by atoms with Crippen LogP contribution in [0.5, 0.6) is 5.75 Å². The Morgan fingerprint density at radius 2 is 1.93 bits per heavy atom. The first-order chi connectivity index (χ1) is 14.4. The van der Waals surface area contributed by atoms with Crippen LogP contribution in [0.4, 0.5) is 5.69 Å². The quantitative estimate of drug-likeness (QED) is 0.334. The van der Waals surface area contributed by atoms with Gasteiger partial charge < -0.3 is 9.47 Å². The molecule has 0 saturated carbocycles. The number of benzene rings is 2. The highest BCUT2D eigenvalue weighted by atomic mass is 16.6. The molecule has 3 rings (SSSR count). The van der Waals surface area contributed by atoms with Crippen molar-refractivity contribution < 1.29 is 19.2 Å². The van der Waals surface area contributed by atoms with Crippen LogP contribution in [0.2, 0.25) is 0 Å². The largest absolute Gasteiger partial charge is 0.486 e. The van der Waals surface area contributed by atoms with Gasteiger partial charge >= 0.3 is 5.97 Å². The van der Waals surface area contributed by atoms with Crippen molar-refractivity contribution in [3.63, 3.8) is 0 Å². The molecule has 0 N–H and O–H groups in total. The van der Waals surface area contributed by atoms with Crippen LogP contribution in [0.25, 0.3) is 5.69 Å². The van der Waals surface area contributed by atoms with Crippen LogP contribution in [0.3, 0.4) is 0 Å². The summed E-state index contributed by atoms with van der Waals surface area (Å²) in [6.45, 7) is 3.50. The first-order valence-electron chi connectivity index (χ1n) is 9.14. The molecule has 1 aromatic heterocycles. The fraction of sp³-hybridized carbons (Fsp3) is 0.190. The van der Waals surface area contributed by atoms with Gasteiger partial charge in [-0.3, -0.25) is 14.9 Å². The highest BCUT2D eigenvalue weighted by Gasteiger charge is 2.20. The molecule has 0 aliphatic carbocycles. The molecule has 2 aromatic carbocycles. The van der Waals surface area contributed by atoms with Crippen LogP contribution in [0.1, 0.15) is 28.5 Å². The van der Waals surface area contributed by atoms with E-state index in [2.05, 4.69) is 5.10 Å². The molecule has 9 heteroatoms. The first-order valence-corrected chi connectivity index (χ1v) is 9.14. The third-order valence-corrected chi connectivity index (χ3v) is 4.22. The lowest BCUT2D eigenvalue weighted by molar-refractivity contribution is -0.384. The van der Waals surface area contributed by atoms with Gasteiger partial charge in [-0.15, -0.1) is 0 Å². The van der Waals surface area contributed by atoms with Gasteiger partial charge in [0.25, 0.3) is 11.2 Å². The molecule has 1 heterocycles. The smallest absolute Gasteiger partial charge is 0.362 e. The van der Waals surface area contributed by atoms with Crippen molar-refractivity contribution in [1.82, 2.24) is 9.78 Å². The molecule has 9 nitrogen and oxygen atoms in total. The van der Waals surface area contributed by atoms with Crippen LogP contribution in [-0.4, -0.2) is 27.3 Å². The summed E-state index contributed by atoms with van der Waals surface area (Å²) < 4.78 is 11.8. The van der Waals surface area contributed by atoms with Crippen molar-refractivity contribution in [3.05, 3.63) is 91.9 Å². The molecule has 0 fully saturated rings. The zero-order valence-corrected chi connectivity index (χ0v) is 16.4. The van der Waals surface area contributed by atoms with Gasteiger partial charge in [0, 0.05) is 12.1 Å². The van der Waals surface area contributed by atoms with Crippen molar-refractivity contribution in [3.8, 4) is 11.4 Å². The molecule has 0 aliphatic rings. The number of aromatic nitrogens is 2. The standard InChI is InChI=1S/C21H19N3O6/c1-3-29-21(26)20-18(30-13-15-8-6-9-16(11-15)24(27)28)12-19(25)23(22-20)17-10-5-4-7-14(17)2/h4-12H,3,13H2,1-2H3. The monoisotopic (exact) mass is 409 g/mol. The number of carbonyl (C=O) groups is 1. The van der Waals surface area contributed by atoms with Gasteiger partial charge in [-0.2, -0.15) is 9.78 Å². The van der Waals surface area contributed by atoms with Crippen molar-refractivity contribution in [1.29, 1.82) is 0 Å². The fourth-order valence-electron chi connectivity index (χ4n) is 2.79. The van der Waals surface area contributed by atoms with E-state index >= 15 is 0 Å². The summed E-state index contributed by atoms with van der Waals surface area (Å²) in [5.41, 5.74) is 1.08. The third kappa shape index (κ3) is 4.52. The molecule has 0 radical (unpaired) electrons. The second-order valence-electron chi connectivity index (χ2n) is 6.33. The van der Waals surface area contributed by atoms with Crippen LogP contribution in [0.15, 0.2) is 59.4 Å². The lowest BCUT2D eigenvalue weighted by atomic mass is 10.2. The number of aryl methyl sites for hydroxylation is 1. The highest BCUT2D eigenvalue weighted by Crippen LogP contribution is 2.20. The number of hydrogen-bond acceptors (Lipinski definition) is 7. The lowest BCUT2D eigenvalue weighted by Crippen LogP contribution is -2.25. The van der Waals surface area contributed by atoms with E-state index < -0.39 is 16.5 Å². The fourth-order valence-corrected chi connectivity index (χ4v) is 2.79. The Bertz CT molecular complexity index is 1160. The van der Waals surface area contributed by atoms with Gasteiger partial charge in [0.1, 0.15) is 6.61 Å². The molecule has 3 aromatic rings. The predicted octanol–water partition coefficient (Wildman–Crippen LogP) is 3.20. The van der Waals surface area contributed by atoms with Crippen LogP contribution in [-0.2, 0) is 11.3 Å². The summed E-state index contributed by atoms with van der Waals surface area (Å²) in [7, 11) is 0. The van der Waals surface area contributed by atoms with Gasteiger partial charge in [-0.25, -0.2) is 4.79 Å². The lowest BCUT2D eigenvalue weighted by Gasteiger charge is -2.13. The molecule has 0 unspecified atom stereocenters. The second-order valence-corrected chi connectivity index (χ2v) is 6.33. The summed E-state index contributed by atoms with van der Waals surface area (Å²) in [6, 6.07) is 14.1. The zero-order chi connectivity index (χ0) is 21.7. The van der Waals surface area contributed by atoms with Gasteiger partial charge in [0.05, 0.1) is 23.3 Å². The Labute approximate surface area is 171 Å². The van der Waals surface area contributed by atoms with Crippen molar-refractivity contribution in [2.24, 2.45) is 0 Å². The number of carbonyl (C=O) groups excluding carboxylic acids is 1. The van der Waals surface area contributed by atoms with Gasteiger partial charge in [0.15, 0.2) is 5.75 Å². The van der Waals surface area contributed by atoms with E-state index in [0.29, 0.717) is 11.3 Å². The Morgan fingerprint density at radius 3 is 2.63 bits per heavy atom. The number of non-ortho nitro benzene ring substituents is 1. The Hall–Kier alpha value is -4.01. The number of rotatable bonds is 7. The van der Waals surface area contributed by atoms with Crippen molar-refractivity contribution in [2.45, 2.75) is 20.5 Å². The summed E-state index contributed by atoms with van der Waals surface area (Å²) >= 11 is 0. The van der Waals surface area contributed by atoms with Crippen LogP contribution in [0, 0.1) is 17.0 Å². The van der Waals surface area contributed by atoms with E-state index in [4.69, 9.17) is 9.47 Å².